The largest absolute Gasteiger partial charge is 0.479 e. The molecule has 0 bridgehead atoms. The first kappa shape index (κ1) is 12.8. The van der Waals surface area contributed by atoms with Crippen molar-refractivity contribution in [2.24, 2.45) is 0 Å². The zero-order valence-corrected chi connectivity index (χ0v) is 9.60. The Kier molecular flexibility index (Phi) is 4.54. The lowest BCUT2D eigenvalue weighted by Gasteiger charge is -2.38. The monoisotopic (exact) mass is 230 g/mol. The van der Waals surface area contributed by atoms with E-state index in [4.69, 9.17) is 5.11 Å². The highest BCUT2D eigenvalue weighted by Crippen LogP contribution is 2.22. The summed E-state index contributed by atoms with van der Waals surface area (Å²) >= 11 is 0. The van der Waals surface area contributed by atoms with Crippen molar-refractivity contribution in [1.29, 1.82) is 0 Å². The van der Waals surface area contributed by atoms with Gasteiger partial charge in [-0.2, -0.15) is 0 Å². The van der Waals surface area contributed by atoms with Crippen LogP contribution < -0.4 is 5.48 Å². The second kappa shape index (κ2) is 5.69. The van der Waals surface area contributed by atoms with Gasteiger partial charge in [-0.15, -0.1) is 0 Å². The summed E-state index contributed by atoms with van der Waals surface area (Å²) in [5, 5.41) is 8.35. The number of nitrogens with one attached hydrogen (secondary N) is 1. The SMILES string of the molecule is C[C@@H]1CCC[C@H](C)N1C(=O)NOCC(=O)O. The fraction of sp³-hybridized carbons (Fsp3) is 0.800. The quantitative estimate of drug-likeness (QED) is 0.708. The first-order valence-electron chi connectivity index (χ1n) is 5.44. The van der Waals surface area contributed by atoms with Crippen LogP contribution in [-0.4, -0.2) is 40.7 Å². The van der Waals surface area contributed by atoms with Gasteiger partial charge >= 0.3 is 12.0 Å². The van der Waals surface area contributed by atoms with Crippen molar-refractivity contribution >= 4 is 12.0 Å². The van der Waals surface area contributed by atoms with Crippen LogP contribution in [0.2, 0.25) is 0 Å². The number of amides is 2. The van der Waals surface area contributed by atoms with Crippen LogP contribution in [0.15, 0.2) is 0 Å². The topological polar surface area (TPSA) is 78.9 Å². The second-order valence-corrected chi connectivity index (χ2v) is 4.13. The highest BCUT2D eigenvalue weighted by molar-refractivity contribution is 5.74. The van der Waals surface area contributed by atoms with Gasteiger partial charge in [0, 0.05) is 12.1 Å². The predicted molar refractivity (Wildman–Crippen MR) is 56.7 cm³/mol. The summed E-state index contributed by atoms with van der Waals surface area (Å²) in [7, 11) is 0. The number of likely N-dealkylation sites (tertiary alicyclic amines) is 1. The average molecular weight is 230 g/mol. The molecule has 1 heterocycles. The van der Waals surface area contributed by atoms with Gasteiger partial charge in [-0.05, 0) is 33.1 Å². The number of hydrogen-bond acceptors (Lipinski definition) is 3. The van der Waals surface area contributed by atoms with Gasteiger partial charge in [-0.25, -0.2) is 15.1 Å². The molecule has 0 spiro atoms. The van der Waals surface area contributed by atoms with Crippen molar-refractivity contribution < 1.29 is 19.5 Å². The van der Waals surface area contributed by atoms with E-state index in [0.29, 0.717) is 0 Å². The number of carbonyl (C=O) groups excluding carboxylic acids is 1. The summed E-state index contributed by atoms with van der Waals surface area (Å²) in [6.45, 7) is 3.43. The zero-order valence-electron chi connectivity index (χ0n) is 9.60. The molecule has 6 heteroatoms. The second-order valence-electron chi connectivity index (χ2n) is 4.13. The maximum atomic E-state index is 11.7. The molecule has 0 saturated carbocycles. The highest BCUT2D eigenvalue weighted by Gasteiger charge is 2.28. The number of carboxylic acids is 1. The lowest BCUT2D eigenvalue weighted by atomic mass is 9.98. The van der Waals surface area contributed by atoms with Gasteiger partial charge in [0.2, 0.25) is 0 Å². The number of nitrogens with zero attached hydrogens (tertiary/aromatic N) is 1. The van der Waals surface area contributed by atoms with Crippen LogP contribution >= 0.6 is 0 Å². The molecule has 6 nitrogen and oxygen atoms in total. The Morgan fingerprint density at radius 1 is 1.38 bits per heavy atom. The van der Waals surface area contributed by atoms with Crippen LogP contribution in [0.4, 0.5) is 4.79 Å². The molecular weight excluding hydrogens is 212 g/mol. The Balaban J connectivity index is 2.41. The molecule has 0 radical (unpaired) electrons. The fourth-order valence-corrected chi connectivity index (χ4v) is 2.03. The molecular formula is C10H18N2O4. The maximum Gasteiger partial charge on any atom is 0.341 e. The van der Waals surface area contributed by atoms with Crippen LogP contribution in [-0.2, 0) is 9.63 Å². The number of urea groups is 1. The molecule has 1 rings (SSSR count). The number of carbonyl (C=O) groups is 2. The van der Waals surface area contributed by atoms with Crippen molar-refractivity contribution in [3.05, 3.63) is 0 Å². The Bertz CT molecular complexity index is 260. The number of hydroxylamine groups is 1. The molecule has 2 N–H and O–H groups in total. The third-order valence-electron chi connectivity index (χ3n) is 2.78. The molecule has 0 aromatic rings. The first-order valence-corrected chi connectivity index (χ1v) is 5.44. The van der Waals surface area contributed by atoms with E-state index in [0.717, 1.165) is 19.3 Å². The molecule has 2 amide bonds. The number of hydrogen-bond donors (Lipinski definition) is 2. The van der Waals surface area contributed by atoms with Crippen LogP contribution in [0.5, 0.6) is 0 Å². The highest BCUT2D eigenvalue weighted by atomic mass is 16.7. The van der Waals surface area contributed by atoms with Crippen molar-refractivity contribution in [2.45, 2.75) is 45.2 Å². The van der Waals surface area contributed by atoms with Crippen LogP contribution in [0.25, 0.3) is 0 Å². The van der Waals surface area contributed by atoms with Crippen molar-refractivity contribution in [3.63, 3.8) is 0 Å². The summed E-state index contributed by atoms with van der Waals surface area (Å²) in [6.07, 6.45) is 3.05. The summed E-state index contributed by atoms with van der Waals surface area (Å²) < 4.78 is 0. The summed E-state index contributed by atoms with van der Waals surface area (Å²) in [6, 6.07) is -0.0321. The lowest BCUT2D eigenvalue weighted by Crippen LogP contribution is -2.51. The Morgan fingerprint density at radius 2 is 1.94 bits per heavy atom. The molecule has 2 atom stereocenters. The van der Waals surface area contributed by atoms with Crippen LogP contribution in [0, 0.1) is 0 Å². The number of aliphatic carboxylic acids is 1. The van der Waals surface area contributed by atoms with E-state index in [2.05, 4.69) is 10.3 Å². The smallest absolute Gasteiger partial charge is 0.341 e. The summed E-state index contributed by atoms with van der Waals surface area (Å²) in [5.41, 5.74) is 2.15. The Hall–Kier alpha value is -1.30. The van der Waals surface area contributed by atoms with E-state index in [-0.39, 0.29) is 18.1 Å². The fourth-order valence-electron chi connectivity index (χ4n) is 2.03. The van der Waals surface area contributed by atoms with Crippen molar-refractivity contribution in [1.82, 2.24) is 10.4 Å². The molecule has 16 heavy (non-hydrogen) atoms. The number of rotatable bonds is 3. The van der Waals surface area contributed by atoms with E-state index in [1.807, 2.05) is 13.8 Å². The van der Waals surface area contributed by atoms with Gasteiger partial charge in [0.05, 0.1) is 0 Å². The standard InChI is InChI=1S/C10H18N2O4/c1-7-4-3-5-8(2)12(7)10(15)11-16-6-9(13)14/h7-8H,3-6H2,1-2H3,(H,11,15)(H,13,14)/t7-,8+. The van der Waals surface area contributed by atoms with Gasteiger partial charge < -0.3 is 10.0 Å². The minimum Gasteiger partial charge on any atom is -0.479 e. The summed E-state index contributed by atoms with van der Waals surface area (Å²) in [5.74, 6) is -1.11. The molecule has 92 valence electrons. The molecule has 1 aliphatic rings. The van der Waals surface area contributed by atoms with Gasteiger partial charge in [-0.3, -0.25) is 4.84 Å². The van der Waals surface area contributed by atoms with Crippen LogP contribution in [0.1, 0.15) is 33.1 Å². The Morgan fingerprint density at radius 3 is 2.44 bits per heavy atom. The van der Waals surface area contributed by atoms with Gasteiger partial charge in [0.15, 0.2) is 6.61 Å². The van der Waals surface area contributed by atoms with E-state index >= 15 is 0 Å². The van der Waals surface area contributed by atoms with Gasteiger partial charge in [0.25, 0.3) is 0 Å². The van der Waals surface area contributed by atoms with Crippen LogP contribution in [0.3, 0.4) is 0 Å². The minimum atomic E-state index is -1.11. The number of piperidine rings is 1. The zero-order chi connectivity index (χ0) is 12.1. The van der Waals surface area contributed by atoms with Gasteiger partial charge in [0.1, 0.15) is 0 Å². The normalized spacial score (nSPS) is 25.2. The molecule has 0 aromatic heterocycles. The summed E-state index contributed by atoms with van der Waals surface area (Å²) in [4.78, 5) is 28.2. The minimum absolute atomic E-state index is 0.164. The van der Waals surface area contributed by atoms with E-state index in [1.54, 1.807) is 4.90 Å². The third kappa shape index (κ3) is 3.37. The van der Waals surface area contributed by atoms with Crippen molar-refractivity contribution in [3.8, 4) is 0 Å². The van der Waals surface area contributed by atoms with E-state index in [1.165, 1.54) is 0 Å². The van der Waals surface area contributed by atoms with Gasteiger partial charge in [-0.1, -0.05) is 0 Å². The molecule has 0 aromatic carbocycles. The Labute approximate surface area is 94.5 Å². The molecule has 1 saturated heterocycles. The predicted octanol–water partition coefficient (Wildman–Crippen LogP) is 0.975. The van der Waals surface area contributed by atoms with E-state index < -0.39 is 12.6 Å². The molecule has 1 fully saturated rings. The average Bonchev–Trinajstić information content (AvgIpc) is 2.16. The first-order chi connectivity index (χ1) is 7.52. The number of carboxylic acid groups (broad SMARTS) is 1. The van der Waals surface area contributed by atoms with Crippen molar-refractivity contribution in [2.75, 3.05) is 6.61 Å². The maximum absolute atomic E-state index is 11.7. The molecule has 0 aliphatic carbocycles. The third-order valence-corrected chi connectivity index (χ3v) is 2.78. The lowest BCUT2D eigenvalue weighted by molar-refractivity contribution is -0.144. The molecule has 1 aliphatic heterocycles. The molecule has 0 unspecified atom stereocenters. The van der Waals surface area contributed by atoms with E-state index in [9.17, 15) is 9.59 Å².